The number of aryl methyl sites for hydroxylation is 2. The molecule has 2 heterocycles. The number of hydrogen-bond donors (Lipinski definition) is 1. The molecule has 0 fully saturated rings. The number of hydrogen-bond acceptors (Lipinski definition) is 2. The smallest absolute Gasteiger partial charge is 0.141 e. The lowest BCUT2D eigenvalue weighted by Crippen LogP contribution is -1.92. The van der Waals surface area contributed by atoms with Gasteiger partial charge in [0.2, 0.25) is 0 Å². The Labute approximate surface area is 106 Å². The average Bonchev–Trinajstić information content (AvgIpc) is 2.93. The Morgan fingerprint density at radius 3 is 2.83 bits per heavy atom. The van der Waals surface area contributed by atoms with Gasteiger partial charge in [0.05, 0.1) is 22.8 Å². The van der Waals surface area contributed by atoms with E-state index in [0.29, 0.717) is 0 Å². The predicted octanol–water partition coefficient (Wildman–Crippen LogP) is 2.83. The summed E-state index contributed by atoms with van der Waals surface area (Å²) in [5.74, 6) is 0.892. The summed E-state index contributed by atoms with van der Waals surface area (Å²) in [4.78, 5) is 8.00. The summed E-state index contributed by atoms with van der Waals surface area (Å²) in [5.41, 5.74) is 5.59. The molecule has 2 aromatic heterocycles. The molecule has 4 nitrogen and oxygen atoms in total. The first kappa shape index (κ1) is 11.0. The molecule has 0 aliphatic rings. The standard InChI is InChI=1S/C14H16N4/c1-4-10-5-6-12-13(7-10)17-14(16-12)11-8-15-18(3)9(11)2/h5-8H,4H2,1-3H3,(H,16,17). The van der Waals surface area contributed by atoms with Crippen LogP contribution in [0.1, 0.15) is 18.2 Å². The molecular formula is C14H16N4. The van der Waals surface area contributed by atoms with Crippen LogP contribution in [-0.2, 0) is 13.5 Å². The van der Waals surface area contributed by atoms with Crippen LogP contribution in [-0.4, -0.2) is 19.7 Å². The molecule has 0 radical (unpaired) electrons. The quantitative estimate of drug-likeness (QED) is 0.748. The molecule has 3 rings (SSSR count). The molecular weight excluding hydrogens is 224 g/mol. The minimum Gasteiger partial charge on any atom is -0.338 e. The van der Waals surface area contributed by atoms with Crippen molar-refractivity contribution in [1.82, 2.24) is 19.7 Å². The van der Waals surface area contributed by atoms with E-state index in [1.54, 1.807) is 0 Å². The van der Waals surface area contributed by atoms with Crippen molar-refractivity contribution in [1.29, 1.82) is 0 Å². The lowest BCUT2D eigenvalue weighted by Gasteiger charge is -1.95. The summed E-state index contributed by atoms with van der Waals surface area (Å²) in [6.45, 7) is 4.21. The Kier molecular flexibility index (Phi) is 2.44. The zero-order chi connectivity index (χ0) is 12.7. The first-order valence-electron chi connectivity index (χ1n) is 6.16. The minimum atomic E-state index is 0.892. The van der Waals surface area contributed by atoms with Gasteiger partial charge in [-0.3, -0.25) is 4.68 Å². The highest BCUT2D eigenvalue weighted by Gasteiger charge is 2.11. The van der Waals surface area contributed by atoms with Crippen molar-refractivity contribution in [2.45, 2.75) is 20.3 Å². The Balaban J connectivity index is 2.16. The van der Waals surface area contributed by atoms with Gasteiger partial charge in [0.1, 0.15) is 5.82 Å². The Morgan fingerprint density at radius 2 is 2.17 bits per heavy atom. The van der Waals surface area contributed by atoms with Crippen molar-refractivity contribution in [2.24, 2.45) is 7.05 Å². The van der Waals surface area contributed by atoms with Crippen molar-refractivity contribution in [3.05, 3.63) is 35.7 Å². The van der Waals surface area contributed by atoms with E-state index in [-0.39, 0.29) is 0 Å². The third-order valence-electron chi connectivity index (χ3n) is 3.44. The normalized spacial score (nSPS) is 11.3. The molecule has 0 unspecified atom stereocenters. The second-order valence-electron chi connectivity index (χ2n) is 4.56. The zero-order valence-corrected chi connectivity index (χ0v) is 10.9. The van der Waals surface area contributed by atoms with Crippen LogP contribution in [0.25, 0.3) is 22.4 Å². The van der Waals surface area contributed by atoms with Gasteiger partial charge in [-0.2, -0.15) is 5.10 Å². The number of imidazole rings is 1. The van der Waals surface area contributed by atoms with Gasteiger partial charge in [-0.25, -0.2) is 4.98 Å². The van der Waals surface area contributed by atoms with E-state index in [4.69, 9.17) is 0 Å². The molecule has 0 saturated carbocycles. The van der Waals surface area contributed by atoms with E-state index in [1.165, 1.54) is 5.56 Å². The fraction of sp³-hybridized carbons (Fsp3) is 0.286. The van der Waals surface area contributed by atoms with E-state index >= 15 is 0 Å². The first-order chi connectivity index (χ1) is 8.69. The maximum absolute atomic E-state index is 4.62. The van der Waals surface area contributed by atoms with Gasteiger partial charge in [0.25, 0.3) is 0 Å². The molecule has 3 aromatic rings. The fourth-order valence-electron chi connectivity index (χ4n) is 2.14. The van der Waals surface area contributed by atoms with Crippen LogP contribution in [0, 0.1) is 6.92 Å². The number of fused-ring (bicyclic) bond motifs is 1. The largest absolute Gasteiger partial charge is 0.338 e. The lowest BCUT2D eigenvalue weighted by atomic mass is 10.1. The molecule has 1 aromatic carbocycles. The second kappa shape index (κ2) is 3.98. The summed E-state index contributed by atoms with van der Waals surface area (Å²) < 4.78 is 1.86. The van der Waals surface area contributed by atoms with Crippen LogP contribution in [0.2, 0.25) is 0 Å². The van der Waals surface area contributed by atoms with Gasteiger partial charge < -0.3 is 4.98 Å². The minimum absolute atomic E-state index is 0.892. The number of H-pyrrole nitrogens is 1. The number of nitrogens with one attached hydrogen (secondary N) is 1. The topological polar surface area (TPSA) is 46.5 Å². The van der Waals surface area contributed by atoms with Crippen LogP contribution >= 0.6 is 0 Å². The van der Waals surface area contributed by atoms with Crippen molar-refractivity contribution < 1.29 is 0 Å². The van der Waals surface area contributed by atoms with Gasteiger partial charge in [-0.15, -0.1) is 0 Å². The van der Waals surface area contributed by atoms with Gasteiger partial charge in [0.15, 0.2) is 0 Å². The van der Waals surface area contributed by atoms with E-state index in [1.807, 2.05) is 24.9 Å². The first-order valence-corrected chi connectivity index (χ1v) is 6.16. The number of nitrogens with zero attached hydrogens (tertiary/aromatic N) is 3. The Bertz CT molecular complexity index is 706. The molecule has 0 atom stereocenters. The zero-order valence-electron chi connectivity index (χ0n) is 10.9. The van der Waals surface area contributed by atoms with Crippen molar-refractivity contribution in [3.63, 3.8) is 0 Å². The van der Waals surface area contributed by atoms with Crippen LogP contribution < -0.4 is 0 Å². The highest BCUT2D eigenvalue weighted by Crippen LogP contribution is 2.23. The van der Waals surface area contributed by atoms with Crippen LogP contribution in [0.5, 0.6) is 0 Å². The highest BCUT2D eigenvalue weighted by atomic mass is 15.3. The van der Waals surface area contributed by atoms with E-state index < -0.39 is 0 Å². The maximum Gasteiger partial charge on any atom is 0.141 e. The van der Waals surface area contributed by atoms with Crippen LogP contribution in [0.15, 0.2) is 24.4 Å². The van der Waals surface area contributed by atoms with E-state index in [2.05, 4.69) is 40.2 Å². The average molecular weight is 240 g/mol. The summed E-state index contributed by atoms with van der Waals surface area (Å²) in [6, 6.07) is 6.36. The van der Waals surface area contributed by atoms with Gasteiger partial charge >= 0.3 is 0 Å². The number of aromatic nitrogens is 4. The molecule has 0 spiro atoms. The highest BCUT2D eigenvalue weighted by molar-refractivity contribution is 5.80. The third-order valence-corrected chi connectivity index (χ3v) is 3.44. The molecule has 0 aliphatic carbocycles. The summed E-state index contributed by atoms with van der Waals surface area (Å²) in [7, 11) is 1.94. The summed E-state index contributed by atoms with van der Waals surface area (Å²) in [5, 5.41) is 4.25. The molecule has 0 amide bonds. The molecule has 0 saturated heterocycles. The maximum atomic E-state index is 4.62. The van der Waals surface area contributed by atoms with E-state index in [0.717, 1.165) is 34.5 Å². The SMILES string of the molecule is CCc1ccc2nc(-c3cnn(C)c3C)[nH]c2c1. The van der Waals surface area contributed by atoms with Gasteiger partial charge in [0, 0.05) is 12.7 Å². The third kappa shape index (κ3) is 1.61. The van der Waals surface area contributed by atoms with Crippen molar-refractivity contribution in [3.8, 4) is 11.4 Å². The molecule has 0 bridgehead atoms. The van der Waals surface area contributed by atoms with Crippen LogP contribution in [0.3, 0.4) is 0 Å². The molecule has 0 aliphatic heterocycles. The predicted molar refractivity (Wildman–Crippen MR) is 72.4 cm³/mol. The second-order valence-corrected chi connectivity index (χ2v) is 4.56. The lowest BCUT2D eigenvalue weighted by molar-refractivity contribution is 0.740. The molecule has 1 N–H and O–H groups in total. The van der Waals surface area contributed by atoms with Crippen LogP contribution in [0.4, 0.5) is 0 Å². The fourth-order valence-corrected chi connectivity index (χ4v) is 2.14. The van der Waals surface area contributed by atoms with E-state index in [9.17, 15) is 0 Å². The molecule has 92 valence electrons. The Morgan fingerprint density at radius 1 is 1.33 bits per heavy atom. The monoisotopic (exact) mass is 240 g/mol. The van der Waals surface area contributed by atoms with Crippen molar-refractivity contribution in [2.75, 3.05) is 0 Å². The van der Waals surface area contributed by atoms with Gasteiger partial charge in [-0.1, -0.05) is 13.0 Å². The summed E-state index contributed by atoms with van der Waals surface area (Å²) >= 11 is 0. The number of rotatable bonds is 2. The van der Waals surface area contributed by atoms with Gasteiger partial charge in [-0.05, 0) is 31.0 Å². The molecule has 4 heteroatoms. The summed E-state index contributed by atoms with van der Waals surface area (Å²) in [6.07, 6.45) is 2.89. The van der Waals surface area contributed by atoms with Crippen molar-refractivity contribution >= 4 is 11.0 Å². The number of aromatic amines is 1. The Hall–Kier alpha value is -2.10. The molecule has 18 heavy (non-hydrogen) atoms. The number of benzene rings is 1.